The van der Waals surface area contributed by atoms with Gasteiger partial charge in [-0.1, -0.05) is 35.5 Å². The molecule has 0 unspecified atom stereocenters. The Morgan fingerprint density at radius 2 is 1.74 bits per heavy atom. The number of carbonyl (C=O) groups excluding carboxylic acids is 1. The van der Waals surface area contributed by atoms with Crippen molar-refractivity contribution in [1.82, 2.24) is 4.57 Å². The Morgan fingerprint density at radius 3 is 2.40 bits per heavy atom. The number of hydrogen-bond donors (Lipinski definition) is 1. The van der Waals surface area contributed by atoms with Crippen LogP contribution >= 0.6 is 11.8 Å². The van der Waals surface area contributed by atoms with Crippen LogP contribution < -0.4 is 0 Å². The molecule has 0 atom stereocenters. The molecular weight excluding hydrogens is 456 g/mol. The maximum absolute atomic E-state index is 12.7. The molecule has 6 heteroatoms. The maximum atomic E-state index is 12.7. The Kier molecular flexibility index (Phi) is 7.03. The monoisotopic (exact) mass is 486 g/mol. The van der Waals surface area contributed by atoms with E-state index in [2.05, 4.69) is 61.5 Å². The van der Waals surface area contributed by atoms with Gasteiger partial charge in [-0.25, -0.2) is 9.79 Å². The lowest BCUT2D eigenvalue weighted by atomic mass is 10.1. The van der Waals surface area contributed by atoms with E-state index in [-0.39, 0.29) is 17.9 Å². The van der Waals surface area contributed by atoms with Gasteiger partial charge >= 0.3 is 5.97 Å². The largest absolute Gasteiger partial charge is 0.506 e. The quantitative estimate of drug-likeness (QED) is 0.387. The number of esters is 1. The van der Waals surface area contributed by atoms with Crippen LogP contribution in [0, 0.1) is 34.6 Å². The zero-order valence-electron chi connectivity index (χ0n) is 21.0. The van der Waals surface area contributed by atoms with Gasteiger partial charge in [0, 0.05) is 17.1 Å². The van der Waals surface area contributed by atoms with Crippen molar-refractivity contribution in [2.24, 2.45) is 4.99 Å². The molecule has 4 rings (SSSR count). The molecule has 180 valence electrons. The SMILES string of the molecule is CCOC(=O)C1=C(O)/C(=C/c2cc(C)n(-c3ccc(C)c(C)c3)c2C)SC1=Nc1ccc(C)cc1. The van der Waals surface area contributed by atoms with Gasteiger partial charge in [0.2, 0.25) is 0 Å². The van der Waals surface area contributed by atoms with E-state index in [4.69, 9.17) is 4.74 Å². The summed E-state index contributed by atoms with van der Waals surface area (Å²) in [6.07, 6.45) is 1.91. The van der Waals surface area contributed by atoms with Crippen molar-refractivity contribution in [2.75, 3.05) is 6.61 Å². The number of aryl methyl sites for hydroxylation is 4. The summed E-state index contributed by atoms with van der Waals surface area (Å²) in [5, 5.41) is 11.5. The number of thioether (sulfide) groups is 1. The van der Waals surface area contributed by atoms with Crippen LogP contribution in [0.3, 0.4) is 0 Å². The Hall–Kier alpha value is -3.51. The van der Waals surface area contributed by atoms with Crippen LogP contribution in [-0.4, -0.2) is 27.3 Å². The molecule has 2 aromatic carbocycles. The van der Waals surface area contributed by atoms with Crippen LogP contribution in [0.1, 0.15) is 40.6 Å². The molecule has 1 aliphatic rings. The van der Waals surface area contributed by atoms with Crippen molar-refractivity contribution in [3.8, 4) is 5.69 Å². The van der Waals surface area contributed by atoms with Crippen LogP contribution in [-0.2, 0) is 9.53 Å². The predicted octanol–water partition coefficient (Wildman–Crippen LogP) is 7.21. The molecule has 0 saturated heterocycles. The Balaban J connectivity index is 1.77. The van der Waals surface area contributed by atoms with Gasteiger partial charge in [0.25, 0.3) is 0 Å². The Bertz CT molecular complexity index is 1390. The highest BCUT2D eigenvalue weighted by atomic mass is 32.2. The highest BCUT2D eigenvalue weighted by molar-refractivity contribution is 8.18. The lowest BCUT2D eigenvalue weighted by molar-refractivity contribution is -0.138. The van der Waals surface area contributed by atoms with Gasteiger partial charge in [0.05, 0.1) is 17.2 Å². The summed E-state index contributed by atoms with van der Waals surface area (Å²) in [5.41, 5.74) is 8.62. The van der Waals surface area contributed by atoms with Gasteiger partial charge in [0.1, 0.15) is 16.4 Å². The van der Waals surface area contributed by atoms with E-state index in [1.165, 1.54) is 22.9 Å². The predicted molar refractivity (Wildman–Crippen MR) is 145 cm³/mol. The first-order valence-electron chi connectivity index (χ1n) is 11.6. The molecule has 1 aromatic heterocycles. The summed E-state index contributed by atoms with van der Waals surface area (Å²) in [6.45, 7) is 12.3. The third-order valence-electron chi connectivity index (χ3n) is 6.14. The third-order valence-corrected chi connectivity index (χ3v) is 7.16. The third kappa shape index (κ3) is 4.98. The highest BCUT2D eigenvalue weighted by Crippen LogP contribution is 2.41. The van der Waals surface area contributed by atoms with Crippen molar-refractivity contribution in [3.63, 3.8) is 0 Å². The molecule has 5 nitrogen and oxygen atoms in total. The number of aliphatic hydroxyl groups excluding tert-OH is 1. The van der Waals surface area contributed by atoms with Gasteiger partial charge in [-0.15, -0.1) is 0 Å². The first kappa shape index (κ1) is 24.6. The number of benzene rings is 2. The minimum Gasteiger partial charge on any atom is -0.506 e. The van der Waals surface area contributed by atoms with E-state index >= 15 is 0 Å². The second-order valence-corrected chi connectivity index (χ2v) is 9.77. The first-order chi connectivity index (χ1) is 16.7. The van der Waals surface area contributed by atoms with Crippen molar-refractivity contribution >= 4 is 34.5 Å². The Morgan fingerprint density at radius 1 is 1.03 bits per heavy atom. The molecule has 0 bridgehead atoms. The second-order valence-electron chi connectivity index (χ2n) is 8.74. The zero-order chi connectivity index (χ0) is 25.3. The van der Waals surface area contributed by atoms with E-state index in [1.807, 2.05) is 37.3 Å². The number of carbonyl (C=O) groups is 1. The lowest BCUT2D eigenvalue weighted by Gasteiger charge is -2.12. The van der Waals surface area contributed by atoms with Crippen molar-refractivity contribution in [3.05, 3.63) is 98.4 Å². The second kappa shape index (κ2) is 10.0. The van der Waals surface area contributed by atoms with Crippen LogP contribution in [0.25, 0.3) is 11.8 Å². The van der Waals surface area contributed by atoms with Gasteiger partial charge in [-0.05, 0) is 94.6 Å². The van der Waals surface area contributed by atoms with Crippen molar-refractivity contribution in [2.45, 2.75) is 41.5 Å². The molecule has 35 heavy (non-hydrogen) atoms. The normalized spacial score (nSPS) is 15.9. The molecule has 0 radical (unpaired) electrons. The average molecular weight is 487 g/mol. The molecule has 0 aliphatic carbocycles. The molecule has 0 saturated carbocycles. The van der Waals surface area contributed by atoms with Crippen molar-refractivity contribution in [1.29, 1.82) is 0 Å². The fraction of sp³-hybridized carbons (Fsp3) is 0.241. The average Bonchev–Trinajstić information content (AvgIpc) is 3.27. The zero-order valence-corrected chi connectivity index (χ0v) is 21.8. The summed E-state index contributed by atoms with van der Waals surface area (Å²) in [7, 11) is 0. The summed E-state index contributed by atoms with van der Waals surface area (Å²) < 4.78 is 7.43. The summed E-state index contributed by atoms with van der Waals surface area (Å²) >= 11 is 1.28. The molecule has 3 aromatic rings. The van der Waals surface area contributed by atoms with Crippen LogP contribution in [0.4, 0.5) is 5.69 Å². The highest BCUT2D eigenvalue weighted by Gasteiger charge is 2.33. The smallest absolute Gasteiger partial charge is 0.344 e. The van der Waals surface area contributed by atoms with Crippen LogP contribution in [0.2, 0.25) is 0 Å². The lowest BCUT2D eigenvalue weighted by Crippen LogP contribution is -2.12. The molecule has 0 fully saturated rings. The topological polar surface area (TPSA) is 63.8 Å². The van der Waals surface area contributed by atoms with Gasteiger partial charge in [-0.2, -0.15) is 0 Å². The summed E-state index contributed by atoms with van der Waals surface area (Å²) in [6, 6.07) is 16.2. The molecule has 0 amide bonds. The van der Waals surface area contributed by atoms with Crippen LogP contribution in [0.15, 0.2) is 69.8 Å². The summed E-state index contributed by atoms with van der Waals surface area (Å²) in [4.78, 5) is 17.9. The fourth-order valence-electron chi connectivity index (χ4n) is 4.07. The number of ether oxygens (including phenoxy) is 1. The van der Waals surface area contributed by atoms with E-state index in [9.17, 15) is 9.90 Å². The molecule has 1 N–H and O–H groups in total. The van der Waals surface area contributed by atoms with E-state index in [0.717, 1.165) is 28.2 Å². The Labute approximate surface area is 210 Å². The van der Waals surface area contributed by atoms with Gasteiger partial charge in [0.15, 0.2) is 0 Å². The number of nitrogens with zero attached hydrogens (tertiary/aromatic N) is 2. The first-order valence-corrected chi connectivity index (χ1v) is 12.4. The molecule has 2 heterocycles. The minimum atomic E-state index is -0.577. The van der Waals surface area contributed by atoms with Crippen molar-refractivity contribution < 1.29 is 14.6 Å². The molecular formula is C29H30N2O3S. The molecule has 1 aliphatic heterocycles. The number of hydrogen-bond acceptors (Lipinski definition) is 5. The number of aliphatic imine (C=N–C) groups is 1. The number of rotatable bonds is 5. The fourth-order valence-corrected chi connectivity index (χ4v) is 5.09. The van der Waals surface area contributed by atoms with E-state index in [0.29, 0.717) is 15.6 Å². The number of aliphatic hydroxyl groups is 1. The van der Waals surface area contributed by atoms with E-state index < -0.39 is 5.97 Å². The summed E-state index contributed by atoms with van der Waals surface area (Å²) in [5.74, 6) is -0.678. The van der Waals surface area contributed by atoms with E-state index in [1.54, 1.807) is 6.92 Å². The minimum absolute atomic E-state index is 0.102. The van der Waals surface area contributed by atoms with Gasteiger partial charge < -0.3 is 14.4 Å². The van der Waals surface area contributed by atoms with Gasteiger partial charge in [-0.3, -0.25) is 0 Å². The number of aromatic nitrogens is 1. The maximum Gasteiger partial charge on any atom is 0.344 e. The molecule has 0 spiro atoms. The van der Waals surface area contributed by atoms with Crippen LogP contribution in [0.5, 0.6) is 0 Å². The standard InChI is InChI=1S/C29H30N2O3S/c1-7-34-29(33)26-27(32)25(35-28(26)30-23-11-8-17(2)9-12-23)16-22-15-20(5)31(21(22)6)24-13-10-18(3)19(4)14-24/h8-16,32H,7H2,1-6H3/b25-16-,30-28?.